The van der Waals surface area contributed by atoms with Gasteiger partial charge in [0.15, 0.2) is 6.23 Å². The highest BCUT2D eigenvalue weighted by molar-refractivity contribution is 6.03. The van der Waals surface area contributed by atoms with Crippen molar-refractivity contribution in [3.05, 3.63) is 65.2 Å². The van der Waals surface area contributed by atoms with Crippen molar-refractivity contribution in [3.8, 4) is 5.75 Å². The number of aryl methyl sites for hydroxylation is 1. The molecular formula is C33H48N4O5. The molecule has 0 spiro atoms. The largest absolute Gasteiger partial charge is 0.469 e. The van der Waals surface area contributed by atoms with E-state index in [1.165, 1.54) is 9.80 Å². The number of likely N-dealkylation sites (tertiary alicyclic amines) is 1. The first kappa shape index (κ1) is 32.9. The van der Waals surface area contributed by atoms with Gasteiger partial charge < -0.3 is 19.7 Å². The number of benzene rings is 2. The Labute approximate surface area is 251 Å². The van der Waals surface area contributed by atoms with Gasteiger partial charge in [-0.15, -0.1) is 0 Å². The first-order valence-corrected chi connectivity index (χ1v) is 15.0. The standard InChI is InChI=1S/C33H48N4O5/c1-9-12-28(26-15-13-23(4)14-16-26)34-31(39)37-29(38)33(10-2,11-3)30(37)42-27-19-17-25(18-20-27)24(5)36(8)21-22-41-32(40)35(6)7/h13-20,24,28,30H,9-12,21-22H2,1-8H3,(H,34,39)/t24?,28-,30?/m1/s1. The quantitative estimate of drug-likeness (QED) is 0.280. The predicted molar refractivity (Wildman–Crippen MR) is 164 cm³/mol. The Morgan fingerprint density at radius 3 is 2.12 bits per heavy atom. The van der Waals surface area contributed by atoms with E-state index >= 15 is 0 Å². The smallest absolute Gasteiger partial charge is 0.409 e. The molecule has 9 nitrogen and oxygen atoms in total. The van der Waals surface area contributed by atoms with Crippen molar-refractivity contribution in [1.29, 1.82) is 0 Å². The summed E-state index contributed by atoms with van der Waals surface area (Å²) in [5.74, 6) is 0.398. The van der Waals surface area contributed by atoms with Crippen LogP contribution in [0.5, 0.6) is 5.75 Å². The number of ether oxygens (including phenoxy) is 2. The maximum atomic E-state index is 13.5. The summed E-state index contributed by atoms with van der Waals surface area (Å²) in [6.45, 7) is 11.0. The van der Waals surface area contributed by atoms with Crippen LogP contribution in [0.4, 0.5) is 9.59 Å². The Morgan fingerprint density at radius 2 is 1.57 bits per heavy atom. The minimum absolute atomic E-state index is 0.0762. The van der Waals surface area contributed by atoms with Crippen LogP contribution in [0.3, 0.4) is 0 Å². The molecule has 2 aromatic carbocycles. The molecule has 1 heterocycles. The number of imide groups is 1. The lowest BCUT2D eigenvalue weighted by atomic mass is 9.72. The van der Waals surface area contributed by atoms with E-state index in [1.807, 2.05) is 76.3 Å². The Kier molecular flexibility index (Phi) is 11.4. The number of urea groups is 1. The van der Waals surface area contributed by atoms with Gasteiger partial charge in [0.25, 0.3) is 0 Å². The molecule has 1 saturated heterocycles. The average molecular weight is 581 g/mol. The Bertz CT molecular complexity index is 1190. The second-order valence-electron chi connectivity index (χ2n) is 11.4. The molecule has 9 heteroatoms. The van der Waals surface area contributed by atoms with Crippen LogP contribution in [0, 0.1) is 12.3 Å². The fraction of sp³-hybridized carbons (Fsp3) is 0.545. The Morgan fingerprint density at radius 1 is 0.976 bits per heavy atom. The van der Waals surface area contributed by atoms with Crippen molar-refractivity contribution in [2.24, 2.45) is 5.41 Å². The molecule has 1 fully saturated rings. The summed E-state index contributed by atoms with van der Waals surface area (Å²) in [5, 5.41) is 3.10. The number of carbonyl (C=O) groups is 3. The number of nitrogens with zero attached hydrogens (tertiary/aromatic N) is 3. The fourth-order valence-electron chi connectivity index (χ4n) is 5.34. The van der Waals surface area contributed by atoms with Crippen LogP contribution in [0.15, 0.2) is 48.5 Å². The van der Waals surface area contributed by atoms with Gasteiger partial charge >= 0.3 is 12.1 Å². The normalized spacial score (nSPS) is 17.3. The molecule has 0 aromatic heterocycles. The van der Waals surface area contributed by atoms with Gasteiger partial charge in [-0.2, -0.15) is 0 Å². The number of β-lactam (4-membered cyclic amide) rings is 1. The SMILES string of the molecule is CCC[C@@H](NC(=O)N1C(=O)C(CC)(CC)C1Oc1ccc(C(C)N(C)CCOC(=O)N(C)C)cc1)c1ccc(C)cc1. The summed E-state index contributed by atoms with van der Waals surface area (Å²) < 4.78 is 11.6. The maximum Gasteiger partial charge on any atom is 0.409 e. The monoisotopic (exact) mass is 580 g/mol. The summed E-state index contributed by atoms with van der Waals surface area (Å²) in [4.78, 5) is 43.4. The van der Waals surface area contributed by atoms with Crippen LogP contribution in [-0.4, -0.2) is 73.3 Å². The Hall–Kier alpha value is -3.59. The maximum absolute atomic E-state index is 13.5. The molecule has 230 valence electrons. The van der Waals surface area contributed by atoms with Crippen LogP contribution < -0.4 is 10.1 Å². The number of hydrogen-bond acceptors (Lipinski definition) is 6. The first-order valence-electron chi connectivity index (χ1n) is 15.0. The third-order valence-electron chi connectivity index (χ3n) is 8.49. The Balaban J connectivity index is 1.71. The predicted octanol–water partition coefficient (Wildman–Crippen LogP) is 6.29. The molecule has 3 rings (SSSR count). The van der Waals surface area contributed by atoms with Crippen molar-refractivity contribution in [2.45, 2.75) is 78.6 Å². The molecule has 42 heavy (non-hydrogen) atoms. The number of hydrogen-bond donors (Lipinski definition) is 1. The topological polar surface area (TPSA) is 91.4 Å². The van der Waals surface area contributed by atoms with E-state index in [0.717, 1.165) is 29.5 Å². The van der Waals surface area contributed by atoms with Gasteiger partial charge in [-0.05, 0) is 63.4 Å². The fourth-order valence-corrected chi connectivity index (χ4v) is 5.34. The molecule has 3 atom stereocenters. The van der Waals surface area contributed by atoms with Gasteiger partial charge in [0.05, 0.1) is 6.04 Å². The zero-order valence-electron chi connectivity index (χ0n) is 26.5. The lowest BCUT2D eigenvalue weighted by Crippen LogP contribution is -2.73. The number of amides is 4. The van der Waals surface area contributed by atoms with E-state index in [2.05, 4.69) is 24.1 Å². The van der Waals surface area contributed by atoms with Crippen LogP contribution in [-0.2, 0) is 9.53 Å². The second-order valence-corrected chi connectivity index (χ2v) is 11.4. The van der Waals surface area contributed by atoms with E-state index < -0.39 is 17.7 Å². The molecule has 0 bridgehead atoms. The van der Waals surface area contributed by atoms with E-state index in [1.54, 1.807) is 14.1 Å². The van der Waals surface area contributed by atoms with Gasteiger partial charge in [-0.3, -0.25) is 9.69 Å². The van der Waals surface area contributed by atoms with Gasteiger partial charge in [0, 0.05) is 26.7 Å². The van der Waals surface area contributed by atoms with E-state index in [9.17, 15) is 14.4 Å². The molecule has 2 aromatic rings. The highest BCUT2D eigenvalue weighted by Crippen LogP contribution is 2.46. The molecule has 2 unspecified atom stereocenters. The second kappa shape index (κ2) is 14.5. The summed E-state index contributed by atoms with van der Waals surface area (Å²) >= 11 is 0. The minimum Gasteiger partial charge on any atom is -0.469 e. The average Bonchev–Trinajstić information content (AvgIpc) is 2.97. The highest BCUT2D eigenvalue weighted by Gasteiger charge is 2.63. The summed E-state index contributed by atoms with van der Waals surface area (Å²) in [6.07, 6.45) is 1.75. The number of carbonyl (C=O) groups excluding carboxylic acids is 3. The van der Waals surface area contributed by atoms with Crippen molar-refractivity contribution in [1.82, 2.24) is 20.0 Å². The third kappa shape index (κ3) is 7.24. The van der Waals surface area contributed by atoms with Crippen molar-refractivity contribution < 1.29 is 23.9 Å². The number of nitrogens with one attached hydrogen (secondary N) is 1. The number of rotatable bonds is 13. The summed E-state index contributed by atoms with van der Waals surface area (Å²) in [5.41, 5.74) is 2.49. The molecule has 1 aliphatic heterocycles. The third-order valence-corrected chi connectivity index (χ3v) is 8.49. The van der Waals surface area contributed by atoms with Crippen molar-refractivity contribution in [2.75, 3.05) is 34.3 Å². The zero-order chi connectivity index (χ0) is 31.0. The summed E-state index contributed by atoms with van der Waals surface area (Å²) in [6, 6.07) is 15.3. The molecule has 1 aliphatic rings. The summed E-state index contributed by atoms with van der Waals surface area (Å²) in [7, 11) is 5.29. The van der Waals surface area contributed by atoms with Gasteiger partial charge in [-0.1, -0.05) is 69.2 Å². The highest BCUT2D eigenvalue weighted by atomic mass is 16.6. The van der Waals surface area contributed by atoms with Gasteiger partial charge in [-0.25, -0.2) is 14.5 Å². The lowest BCUT2D eigenvalue weighted by molar-refractivity contribution is -0.191. The first-order chi connectivity index (χ1) is 20.0. The minimum atomic E-state index is -0.752. The number of likely N-dealkylation sites (N-methyl/N-ethyl adjacent to an activating group) is 1. The van der Waals surface area contributed by atoms with Crippen LogP contribution in [0.25, 0.3) is 0 Å². The van der Waals surface area contributed by atoms with Crippen LogP contribution >= 0.6 is 0 Å². The zero-order valence-corrected chi connectivity index (χ0v) is 26.5. The van der Waals surface area contributed by atoms with Crippen LogP contribution in [0.1, 0.15) is 82.2 Å². The van der Waals surface area contributed by atoms with Gasteiger partial charge in [0.2, 0.25) is 5.91 Å². The van der Waals surface area contributed by atoms with E-state index in [0.29, 0.717) is 31.7 Å². The van der Waals surface area contributed by atoms with Crippen molar-refractivity contribution in [3.63, 3.8) is 0 Å². The lowest BCUT2D eigenvalue weighted by Gasteiger charge is -2.53. The van der Waals surface area contributed by atoms with E-state index in [4.69, 9.17) is 9.47 Å². The van der Waals surface area contributed by atoms with Crippen molar-refractivity contribution >= 4 is 18.0 Å². The van der Waals surface area contributed by atoms with E-state index in [-0.39, 0.29) is 24.1 Å². The molecule has 1 N–H and O–H groups in total. The molecule has 0 saturated carbocycles. The molecule has 0 aliphatic carbocycles. The molecule has 4 amide bonds. The molecule has 0 radical (unpaired) electrons. The van der Waals surface area contributed by atoms with Gasteiger partial charge in [0.1, 0.15) is 17.8 Å². The van der Waals surface area contributed by atoms with Crippen LogP contribution in [0.2, 0.25) is 0 Å². The molecular weight excluding hydrogens is 532 g/mol.